The van der Waals surface area contributed by atoms with E-state index in [2.05, 4.69) is 20.6 Å². The maximum atomic E-state index is 12.8. The molecule has 0 saturated carbocycles. The summed E-state index contributed by atoms with van der Waals surface area (Å²) in [5.74, 6) is 0.228. The maximum Gasteiger partial charge on any atom is 0.416 e. The van der Waals surface area contributed by atoms with Crippen LogP contribution in [0.2, 0.25) is 0 Å². The van der Waals surface area contributed by atoms with Gasteiger partial charge in [-0.3, -0.25) is 4.79 Å². The zero-order valence-electron chi connectivity index (χ0n) is 14.6. The molecule has 0 aliphatic carbocycles. The van der Waals surface area contributed by atoms with Crippen LogP contribution in [0.4, 0.5) is 30.5 Å². The van der Waals surface area contributed by atoms with E-state index in [0.29, 0.717) is 11.4 Å². The summed E-state index contributed by atoms with van der Waals surface area (Å²) in [7, 11) is 1.52. The number of rotatable bonds is 5. The molecule has 9 heteroatoms. The Labute approximate surface area is 158 Å². The number of carbonyl (C=O) groups is 1. The van der Waals surface area contributed by atoms with E-state index in [1.807, 2.05) is 0 Å². The minimum Gasteiger partial charge on any atom is -0.497 e. The van der Waals surface area contributed by atoms with Crippen molar-refractivity contribution >= 4 is 23.2 Å². The Kier molecular flexibility index (Phi) is 5.44. The van der Waals surface area contributed by atoms with E-state index in [0.717, 1.165) is 12.1 Å². The van der Waals surface area contributed by atoms with E-state index < -0.39 is 17.6 Å². The summed E-state index contributed by atoms with van der Waals surface area (Å²) >= 11 is 0. The third-order valence-electron chi connectivity index (χ3n) is 3.69. The Morgan fingerprint density at radius 3 is 2.36 bits per heavy atom. The molecule has 28 heavy (non-hydrogen) atoms. The van der Waals surface area contributed by atoms with Gasteiger partial charge in [0.2, 0.25) is 5.95 Å². The Balaban J connectivity index is 1.68. The van der Waals surface area contributed by atoms with Crippen molar-refractivity contribution in [2.45, 2.75) is 6.18 Å². The van der Waals surface area contributed by atoms with Crippen LogP contribution in [0.25, 0.3) is 0 Å². The Morgan fingerprint density at radius 1 is 1.00 bits per heavy atom. The van der Waals surface area contributed by atoms with Gasteiger partial charge in [-0.15, -0.1) is 0 Å². The highest BCUT2D eigenvalue weighted by molar-refractivity contribution is 6.04. The lowest BCUT2D eigenvalue weighted by Gasteiger charge is -2.10. The first kappa shape index (κ1) is 19.2. The first-order chi connectivity index (χ1) is 13.3. The van der Waals surface area contributed by atoms with Crippen molar-refractivity contribution in [2.75, 3.05) is 17.7 Å². The number of aromatic nitrogens is 2. The predicted molar refractivity (Wildman–Crippen MR) is 97.7 cm³/mol. The number of methoxy groups -OCH3 is 1. The van der Waals surface area contributed by atoms with E-state index >= 15 is 0 Å². The zero-order chi connectivity index (χ0) is 20.1. The largest absolute Gasteiger partial charge is 0.497 e. The third kappa shape index (κ3) is 4.76. The standard InChI is InChI=1S/C19H15F3N4O2/c1-28-16-7-3-6-15(9-16)25-17(27)12-10-23-18(24-11-12)26-14-5-2-4-13(8-14)19(20,21)22/h2-11H,1H3,(H,25,27)(H,23,24,26). The van der Waals surface area contributed by atoms with Crippen LogP contribution in [0, 0.1) is 0 Å². The van der Waals surface area contributed by atoms with Gasteiger partial charge < -0.3 is 15.4 Å². The highest BCUT2D eigenvalue weighted by Crippen LogP contribution is 2.31. The normalized spacial score (nSPS) is 11.0. The number of hydrogen-bond donors (Lipinski definition) is 2. The number of amides is 1. The van der Waals surface area contributed by atoms with Crippen molar-refractivity contribution in [3.05, 3.63) is 72.1 Å². The second-order valence-corrected chi connectivity index (χ2v) is 5.68. The van der Waals surface area contributed by atoms with Gasteiger partial charge in [-0.1, -0.05) is 12.1 Å². The van der Waals surface area contributed by atoms with Crippen LogP contribution in [0.1, 0.15) is 15.9 Å². The van der Waals surface area contributed by atoms with Gasteiger partial charge in [-0.05, 0) is 30.3 Å². The molecule has 2 N–H and O–H groups in total. The molecule has 0 bridgehead atoms. The second-order valence-electron chi connectivity index (χ2n) is 5.68. The monoisotopic (exact) mass is 388 g/mol. The summed E-state index contributed by atoms with van der Waals surface area (Å²) in [4.78, 5) is 20.2. The van der Waals surface area contributed by atoms with Crippen molar-refractivity contribution in [2.24, 2.45) is 0 Å². The molecule has 1 amide bonds. The molecule has 6 nitrogen and oxygen atoms in total. The van der Waals surface area contributed by atoms with Gasteiger partial charge in [0.1, 0.15) is 5.75 Å². The van der Waals surface area contributed by atoms with Crippen molar-refractivity contribution in [1.82, 2.24) is 9.97 Å². The smallest absolute Gasteiger partial charge is 0.416 e. The summed E-state index contributed by atoms with van der Waals surface area (Å²) in [5, 5.41) is 5.36. The molecule has 0 saturated heterocycles. The van der Waals surface area contributed by atoms with Crippen molar-refractivity contribution in [1.29, 1.82) is 0 Å². The van der Waals surface area contributed by atoms with Crippen LogP contribution in [-0.2, 0) is 6.18 Å². The molecule has 144 valence electrons. The Morgan fingerprint density at radius 2 is 1.68 bits per heavy atom. The number of nitrogens with one attached hydrogen (secondary N) is 2. The molecular formula is C19H15F3N4O2. The number of carbonyl (C=O) groups excluding carboxylic acids is 1. The molecular weight excluding hydrogens is 373 g/mol. The second kappa shape index (κ2) is 7.95. The number of benzene rings is 2. The van der Waals surface area contributed by atoms with Crippen molar-refractivity contribution in [3.63, 3.8) is 0 Å². The molecule has 1 aromatic heterocycles. The minimum atomic E-state index is -4.44. The molecule has 0 aliphatic heterocycles. The fourth-order valence-electron chi connectivity index (χ4n) is 2.32. The molecule has 3 rings (SSSR count). The number of hydrogen-bond acceptors (Lipinski definition) is 5. The van der Waals surface area contributed by atoms with Gasteiger partial charge in [0.05, 0.1) is 18.2 Å². The van der Waals surface area contributed by atoms with E-state index in [4.69, 9.17) is 4.74 Å². The Bertz CT molecular complexity index is 975. The molecule has 0 radical (unpaired) electrons. The van der Waals surface area contributed by atoms with Gasteiger partial charge in [-0.25, -0.2) is 9.97 Å². The molecule has 0 spiro atoms. The van der Waals surface area contributed by atoms with Crippen LogP contribution in [0.15, 0.2) is 60.9 Å². The first-order valence-electron chi connectivity index (χ1n) is 8.07. The fourth-order valence-corrected chi connectivity index (χ4v) is 2.32. The van der Waals surface area contributed by atoms with E-state index in [1.54, 1.807) is 24.3 Å². The van der Waals surface area contributed by atoms with Crippen LogP contribution in [-0.4, -0.2) is 23.0 Å². The van der Waals surface area contributed by atoms with E-state index in [1.165, 1.54) is 31.6 Å². The number of alkyl halides is 3. The molecule has 1 heterocycles. The van der Waals surface area contributed by atoms with E-state index in [-0.39, 0.29) is 17.2 Å². The van der Waals surface area contributed by atoms with E-state index in [9.17, 15) is 18.0 Å². The minimum absolute atomic E-state index is 0.0669. The van der Waals surface area contributed by atoms with Crippen LogP contribution < -0.4 is 15.4 Å². The summed E-state index contributed by atoms with van der Waals surface area (Å²) in [6.45, 7) is 0. The number of halogens is 3. The van der Waals surface area contributed by atoms with Crippen molar-refractivity contribution in [3.8, 4) is 5.75 Å². The number of ether oxygens (including phenoxy) is 1. The highest BCUT2D eigenvalue weighted by Gasteiger charge is 2.30. The van der Waals surface area contributed by atoms with Gasteiger partial charge >= 0.3 is 6.18 Å². The van der Waals surface area contributed by atoms with Crippen LogP contribution >= 0.6 is 0 Å². The zero-order valence-corrected chi connectivity index (χ0v) is 14.6. The number of anilines is 3. The maximum absolute atomic E-state index is 12.8. The predicted octanol–water partition coefficient (Wildman–Crippen LogP) is 4.50. The lowest BCUT2D eigenvalue weighted by atomic mass is 10.2. The van der Waals surface area contributed by atoms with Crippen LogP contribution in [0.5, 0.6) is 5.75 Å². The third-order valence-corrected chi connectivity index (χ3v) is 3.69. The molecule has 3 aromatic rings. The lowest BCUT2D eigenvalue weighted by Crippen LogP contribution is -2.13. The SMILES string of the molecule is COc1cccc(NC(=O)c2cnc(Nc3cccc(C(F)(F)F)c3)nc2)c1. The molecule has 2 aromatic carbocycles. The van der Waals surface area contributed by atoms with Gasteiger partial charge in [0.15, 0.2) is 0 Å². The lowest BCUT2D eigenvalue weighted by molar-refractivity contribution is -0.137. The fraction of sp³-hybridized carbons (Fsp3) is 0.105. The summed E-state index contributed by atoms with van der Waals surface area (Å²) in [5.41, 5.74) is 0.128. The van der Waals surface area contributed by atoms with Gasteiger partial charge in [-0.2, -0.15) is 13.2 Å². The highest BCUT2D eigenvalue weighted by atomic mass is 19.4. The quantitative estimate of drug-likeness (QED) is 0.673. The number of nitrogens with zero attached hydrogens (tertiary/aromatic N) is 2. The molecule has 0 aliphatic rings. The van der Waals surface area contributed by atoms with Crippen molar-refractivity contribution < 1.29 is 22.7 Å². The summed E-state index contributed by atoms with van der Waals surface area (Å²) in [6.07, 6.45) is -1.89. The molecule has 0 unspecified atom stereocenters. The Hall–Kier alpha value is -3.62. The topological polar surface area (TPSA) is 76.1 Å². The van der Waals surface area contributed by atoms with Gasteiger partial charge in [0, 0.05) is 29.8 Å². The van der Waals surface area contributed by atoms with Crippen LogP contribution in [0.3, 0.4) is 0 Å². The summed E-state index contributed by atoms with van der Waals surface area (Å²) < 4.78 is 43.4. The molecule has 0 fully saturated rings. The molecule has 0 atom stereocenters. The average Bonchev–Trinajstić information content (AvgIpc) is 2.68. The first-order valence-corrected chi connectivity index (χ1v) is 8.07. The average molecular weight is 388 g/mol. The summed E-state index contributed by atoms with van der Waals surface area (Å²) in [6, 6.07) is 11.5. The van der Waals surface area contributed by atoms with Gasteiger partial charge in [0.25, 0.3) is 5.91 Å².